The van der Waals surface area contributed by atoms with Crippen molar-refractivity contribution >= 4 is 0 Å². The van der Waals surface area contributed by atoms with Gasteiger partial charge in [-0.3, -0.25) is 4.90 Å². The molecule has 2 rings (SSSR count). The monoisotopic (exact) mass is 241 g/mol. The summed E-state index contributed by atoms with van der Waals surface area (Å²) in [6.07, 6.45) is 3.54. The maximum atomic E-state index is 6.13. The second-order valence-corrected chi connectivity index (χ2v) is 5.67. The molecule has 0 aromatic heterocycles. The van der Waals surface area contributed by atoms with Gasteiger partial charge < -0.3 is 15.4 Å². The summed E-state index contributed by atoms with van der Waals surface area (Å²) in [5, 5.41) is 0. The molecule has 0 saturated carbocycles. The summed E-state index contributed by atoms with van der Waals surface area (Å²) < 4.78 is 5.56. The first kappa shape index (κ1) is 13.3. The maximum absolute atomic E-state index is 6.13. The van der Waals surface area contributed by atoms with Crippen LogP contribution in [0.4, 0.5) is 0 Å². The van der Waals surface area contributed by atoms with E-state index in [2.05, 4.69) is 23.8 Å². The van der Waals surface area contributed by atoms with Crippen LogP contribution in [0.2, 0.25) is 0 Å². The van der Waals surface area contributed by atoms with Crippen molar-refractivity contribution in [2.75, 3.05) is 46.4 Å². The zero-order valence-corrected chi connectivity index (χ0v) is 11.3. The lowest BCUT2D eigenvalue weighted by molar-refractivity contribution is 0.00893. The van der Waals surface area contributed by atoms with E-state index in [1.807, 2.05) is 0 Å². The lowest BCUT2D eigenvalue weighted by Crippen LogP contribution is -2.61. The summed E-state index contributed by atoms with van der Waals surface area (Å²) in [7, 11) is 2.22. The van der Waals surface area contributed by atoms with Gasteiger partial charge in [0.2, 0.25) is 0 Å². The van der Waals surface area contributed by atoms with Gasteiger partial charge in [-0.1, -0.05) is 0 Å². The van der Waals surface area contributed by atoms with Gasteiger partial charge in [0, 0.05) is 37.8 Å². The van der Waals surface area contributed by atoms with Crippen LogP contribution in [0.25, 0.3) is 0 Å². The molecule has 2 atom stereocenters. The third kappa shape index (κ3) is 2.81. The van der Waals surface area contributed by atoms with E-state index in [0.29, 0.717) is 6.04 Å². The minimum Gasteiger partial charge on any atom is -0.380 e. The third-order valence-electron chi connectivity index (χ3n) is 4.63. The molecule has 0 amide bonds. The number of nitrogens with two attached hydrogens (primary N) is 1. The summed E-state index contributed by atoms with van der Waals surface area (Å²) in [6.45, 7) is 8.23. The molecule has 2 unspecified atom stereocenters. The number of likely N-dealkylation sites (tertiary alicyclic amines) is 1. The van der Waals surface area contributed by atoms with E-state index in [1.54, 1.807) is 0 Å². The zero-order valence-electron chi connectivity index (χ0n) is 11.3. The van der Waals surface area contributed by atoms with Crippen LogP contribution in [0.3, 0.4) is 0 Å². The molecule has 0 radical (unpaired) electrons. The number of hydrogen-bond donors (Lipinski definition) is 1. The Morgan fingerprint density at radius 2 is 2.12 bits per heavy atom. The van der Waals surface area contributed by atoms with Crippen LogP contribution in [0.5, 0.6) is 0 Å². The van der Waals surface area contributed by atoms with Gasteiger partial charge in [0.25, 0.3) is 0 Å². The molecule has 0 spiro atoms. The summed E-state index contributed by atoms with van der Waals surface area (Å²) in [5.74, 6) is 0. The summed E-state index contributed by atoms with van der Waals surface area (Å²) >= 11 is 0. The van der Waals surface area contributed by atoms with E-state index >= 15 is 0 Å². The van der Waals surface area contributed by atoms with Gasteiger partial charge in [-0.25, -0.2) is 0 Å². The number of nitrogens with zero attached hydrogens (tertiary/aromatic N) is 2. The molecule has 0 bridgehead atoms. The van der Waals surface area contributed by atoms with E-state index in [1.165, 1.54) is 12.8 Å². The fraction of sp³-hybridized carbons (Fsp3) is 1.00. The van der Waals surface area contributed by atoms with Gasteiger partial charge in [-0.05, 0) is 39.8 Å². The topological polar surface area (TPSA) is 41.7 Å². The SMILES string of the molecule is CC1CC(CN)(N2CCCOCC2)CCN1C. The number of piperidine rings is 1. The molecular formula is C13H27N3O. The van der Waals surface area contributed by atoms with Crippen LogP contribution < -0.4 is 5.73 Å². The highest BCUT2D eigenvalue weighted by atomic mass is 16.5. The molecule has 2 saturated heterocycles. The predicted octanol–water partition coefficient (Wildman–Crippen LogP) is 0.520. The predicted molar refractivity (Wildman–Crippen MR) is 70.1 cm³/mol. The van der Waals surface area contributed by atoms with Crippen molar-refractivity contribution in [1.82, 2.24) is 9.80 Å². The van der Waals surface area contributed by atoms with Gasteiger partial charge >= 0.3 is 0 Å². The van der Waals surface area contributed by atoms with Crippen LogP contribution in [-0.2, 0) is 4.74 Å². The zero-order chi connectivity index (χ0) is 12.3. The molecule has 2 aliphatic rings. The van der Waals surface area contributed by atoms with E-state index in [0.717, 1.165) is 45.8 Å². The largest absolute Gasteiger partial charge is 0.380 e. The van der Waals surface area contributed by atoms with Gasteiger partial charge in [-0.15, -0.1) is 0 Å². The van der Waals surface area contributed by atoms with Crippen LogP contribution >= 0.6 is 0 Å². The van der Waals surface area contributed by atoms with E-state index in [9.17, 15) is 0 Å². The molecule has 0 aromatic rings. The lowest BCUT2D eigenvalue weighted by atomic mass is 9.82. The Balaban J connectivity index is 2.07. The van der Waals surface area contributed by atoms with Crippen LogP contribution in [-0.4, -0.2) is 67.8 Å². The van der Waals surface area contributed by atoms with Gasteiger partial charge in [0.05, 0.1) is 6.61 Å². The van der Waals surface area contributed by atoms with Crippen LogP contribution in [0, 0.1) is 0 Å². The first-order valence-corrected chi connectivity index (χ1v) is 6.91. The van der Waals surface area contributed by atoms with Crippen LogP contribution in [0.1, 0.15) is 26.2 Å². The molecule has 2 fully saturated rings. The van der Waals surface area contributed by atoms with Crippen molar-refractivity contribution in [1.29, 1.82) is 0 Å². The van der Waals surface area contributed by atoms with Crippen molar-refractivity contribution in [3.05, 3.63) is 0 Å². The van der Waals surface area contributed by atoms with E-state index < -0.39 is 0 Å². The number of ether oxygens (including phenoxy) is 1. The standard InChI is InChI=1S/C13H27N3O/c1-12-10-13(11-14,4-6-15(12)2)16-5-3-8-17-9-7-16/h12H,3-11,14H2,1-2H3. The average molecular weight is 241 g/mol. The van der Waals surface area contributed by atoms with Crippen molar-refractivity contribution in [3.8, 4) is 0 Å². The second kappa shape index (κ2) is 5.65. The highest BCUT2D eigenvalue weighted by molar-refractivity contribution is 4.98. The quantitative estimate of drug-likeness (QED) is 0.765. The van der Waals surface area contributed by atoms with Gasteiger partial charge in [0.15, 0.2) is 0 Å². The summed E-state index contributed by atoms with van der Waals surface area (Å²) in [6, 6.07) is 0.636. The van der Waals surface area contributed by atoms with Crippen molar-refractivity contribution in [3.63, 3.8) is 0 Å². The Morgan fingerprint density at radius 3 is 2.82 bits per heavy atom. The molecule has 2 aliphatic heterocycles. The minimum atomic E-state index is 0.222. The highest BCUT2D eigenvalue weighted by Crippen LogP contribution is 2.31. The Morgan fingerprint density at radius 1 is 1.29 bits per heavy atom. The van der Waals surface area contributed by atoms with E-state index in [-0.39, 0.29) is 5.54 Å². The van der Waals surface area contributed by atoms with Crippen molar-refractivity contribution in [2.45, 2.75) is 37.8 Å². The molecule has 2 heterocycles. The molecule has 4 nitrogen and oxygen atoms in total. The normalized spacial score (nSPS) is 37.9. The van der Waals surface area contributed by atoms with E-state index in [4.69, 9.17) is 10.5 Å². The first-order chi connectivity index (χ1) is 8.18. The molecule has 100 valence electrons. The Labute approximate surface area is 105 Å². The van der Waals surface area contributed by atoms with Gasteiger partial charge in [-0.2, -0.15) is 0 Å². The second-order valence-electron chi connectivity index (χ2n) is 5.67. The molecular weight excluding hydrogens is 214 g/mol. The lowest BCUT2D eigenvalue weighted by Gasteiger charge is -2.50. The molecule has 17 heavy (non-hydrogen) atoms. The molecule has 4 heteroatoms. The van der Waals surface area contributed by atoms with Gasteiger partial charge in [0.1, 0.15) is 0 Å². The maximum Gasteiger partial charge on any atom is 0.0593 e. The Hall–Kier alpha value is -0.160. The number of rotatable bonds is 2. The summed E-state index contributed by atoms with van der Waals surface area (Å²) in [5.41, 5.74) is 6.35. The highest BCUT2D eigenvalue weighted by Gasteiger charge is 2.40. The van der Waals surface area contributed by atoms with Crippen LogP contribution in [0.15, 0.2) is 0 Å². The Bertz CT molecular complexity index is 241. The first-order valence-electron chi connectivity index (χ1n) is 6.91. The molecule has 0 aromatic carbocycles. The van der Waals surface area contributed by atoms with Crippen molar-refractivity contribution < 1.29 is 4.74 Å². The number of hydrogen-bond acceptors (Lipinski definition) is 4. The average Bonchev–Trinajstić information content (AvgIpc) is 2.62. The fourth-order valence-corrected chi connectivity index (χ4v) is 3.23. The minimum absolute atomic E-state index is 0.222. The molecule has 0 aliphatic carbocycles. The van der Waals surface area contributed by atoms with Crippen molar-refractivity contribution in [2.24, 2.45) is 5.73 Å². The summed E-state index contributed by atoms with van der Waals surface area (Å²) in [4.78, 5) is 5.05. The molecule has 2 N–H and O–H groups in total. The Kier molecular flexibility index (Phi) is 4.42. The fourth-order valence-electron chi connectivity index (χ4n) is 3.23. The smallest absolute Gasteiger partial charge is 0.0593 e. The third-order valence-corrected chi connectivity index (χ3v) is 4.63.